The van der Waals surface area contributed by atoms with E-state index >= 15 is 0 Å². The van der Waals surface area contributed by atoms with Crippen LogP contribution in [0.5, 0.6) is 0 Å². The van der Waals surface area contributed by atoms with Gasteiger partial charge in [0.1, 0.15) is 11.9 Å². The van der Waals surface area contributed by atoms with Crippen LogP contribution in [0.15, 0.2) is 58.9 Å². The molecule has 3 rings (SSSR count). The number of anilines is 2. The number of hydrogen-bond acceptors (Lipinski definition) is 7. The van der Waals surface area contributed by atoms with Gasteiger partial charge in [-0.25, -0.2) is 12.8 Å². The molecule has 0 radical (unpaired) electrons. The average Bonchev–Trinajstić information content (AvgIpc) is 3.15. The van der Waals surface area contributed by atoms with Crippen molar-refractivity contribution in [2.45, 2.75) is 23.1 Å². The summed E-state index contributed by atoms with van der Waals surface area (Å²) in [6.07, 6.45) is 0.923. The fourth-order valence-electron chi connectivity index (χ4n) is 2.66. The summed E-state index contributed by atoms with van der Waals surface area (Å²) in [5, 5.41) is 10.8. The van der Waals surface area contributed by atoms with Crippen LogP contribution < -0.4 is 9.62 Å². The largest absolute Gasteiger partial charge is 0.299 e. The summed E-state index contributed by atoms with van der Waals surface area (Å²) in [5.74, 6) is -0.674. The predicted molar refractivity (Wildman–Crippen MR) is 118 cm³/mol. The number of sulfonamides is 1. The Bertz CT molecular complexity index is 1120. The van der Waals surface area contributed by atoms with Crippen molar-refractivity contribution in [2.24, 2.45) is 0 Å². The van der Waals surface area contributed by atoms with Gasteiger partial charge in [0, 0.05) is 5.75 Å². The molecule has 1 N–H and O–H groups in total. The summed E-state index contributed by atoms with van der Waals surface area (Å²) >= 11 is 2.66. The third-order valence-corrected chi connectivity index (χ3v) is 7.29. The van der Waals surface area contributed by atoms with Crippen LogP contribution in [-0.2, 0) is 20.6 Å². The highest BCUT2D eigenvalue weighted by Crippen LogP contribution is 2.29. The maximum Gasteiger partial charge on any atom is 0.249 e. The van der Waals surface area contributed by atoms with E-state index in [9.17, 15) is 17.6 Å². The Kier molecular flexibility index (Phi) is 7.06. The van der Waals surface area contributed by atoms with E-state index in [4.69, 9.17) is 0 Å². The van der Waals surface area contributed by atoms with Crippen LogP contribution in [0.25, 0.3) is 0 Å². The lowest BCUT2D eigenvalue weighted by Gasteiger charge is -2.28. The topological polar surface area (TPSA) is 92.3 Å². The van der Waals surface area contributed by atoms with E-state index in [1.165, 1.54) is 48.2 Å². The second-order valence-corrected chi connectivity index (χ2v) is 10.4. The summed E-state index contributed by atoms with van der Waals surface area (Å²) in [4.78, 5) is 12.7. The number of para-hydroxylation sites is 1. The second kappa shape index (κ2) is 9.54. The quantitative estimate of drug-likeness (QED) is 0.401. The van der Waals surface area contributed by atoms with E-state index in [1.807, 2.05) is 30.3 Å². The van der Waals surface area contributed by atoms with Gasteiger partial charge in [-0.15, -0.1) is 10.2 Å². The lowest BCUT2D eigenvalue weighted by atomic mass is 10.2. The lowest BCUT2D eigenvalue weighted by molar-refractivity contribution is -0.116. The van der Waals surface area contributed by atoms with Crippen LogP contribution in [0.2, 0.25) is 0 Å². The van der Waals surface area contributed by atoms with E-state index < -0.39 is 27.8 Å². The minimum atomic E-state index is -3.92. The Hall–Kier alpha value is -2.50. The minimum Gasteiger partial charge on any atom is -0.299 e. The highest BCUT2D eigenvalue weighted by Gasteiger charge is 2.31. The van der Waals surface area contributed by atoms with Crippen LogP contribution in [0.4, 0.5) is 15.2 Å². The van der Waals surface area contributed by atoms with Crippen molar-refractivity contribution in [3.8, 4) is 0 Å². The second-order valence-electron chi connectivity index (χ2n) is 6.32. The van der Waals surface area contributed by atoms with Gasteiger partial charge in [-0.3, -0.25) is 14.4 Å². The van der Waals surface area contributed by atoms with E-state index in [0.29, 0.717) is 10.1 Å². The number of halogens is 1. The van der Waals surface area contributed by atoms with Crippen LogP contribution in [0, 0.1) is 5.82 Å². The first-order valence-electron chi connectivity index (χ1n) is 8.80. The van der Waals surface area contributed by atoms with Gasteiger partial charge in [0.25, 0.3) is 0 Å². The van der Waals surface area contributed by atoms with E-state index in [0.717, 1.165) is 22.2 Å². The van der Waals surface area contributed by atoms with Gasteiger partial charge in [-0.05, 0) is 24.6 Å². The summed E-state index contributed by atoms with van der Waals surface area (Å²) < 4.78 is 40.1. The van der Waals surface area contributed by atoms with E-state index in [-0.39, 0.29) is 10.8 Å². The molecular weight excluding hydrogens is 447 g/mol. The van der Waals surface area contributed by atoms with Gasteiger partial charge in [-0.2, -0.15) is 0 Å². The average molecular weight is 467 g/mol. The monoisotopic (exact) mass is 466 g/mol. The Balaban J connectivity index is 1.70. The first-order chi connectivity index (χ1) is 14.3. The number of hydrogen-bond donors (Lipinski definition) is 1. The molecule has 0 saturated heterocycles. The van der Waals surface area contributed by atoms with E-state index in [2.05, 4.69) is 15.5 Å². The molecule has 11 heteroatoms. The van der Waals surface area contributed by atoms with Gasteiger partial charge in [0.2, 0.25) is 21.1 Å². The number of carbonyl (C=O) groups is 1. The molecule has 0 aliphatic heterocycles. The molecule has 0 fully saturated rings. The Morgan fingerprint density at radius 2 is 1.83 bits per heavy atom. The normalized spacial score (nSPS) is 12.4. The van der Waals surface area contributed by atoms with Gasteiger partial charge >= 0.3 is 0 Å². The SMILES string of the molecule is CC(C(=O)Nc1nnc(SCc2ccccc2)s1)N(c1ccccc1F)S(C)(=O)=O. The molecule has 30 heavy (non-hydrogen) atoms. The predicted octanol–water partition coefficient (Wildman–Crippen LogP) is 3.76. The number of amides is 1. The molecule has 1 heterocycles. The summed E-state index contributed by atoms with van der Waals surface area (Å²) in [7, 11) is -3.92. The molecule has 0 aliphatic carbocycles. The maximum absolute atomic E-state index is 14.2. The Labute approximate surface area is 182 Å². The highest BCUT2D eigenvalue weighted by molar-refractivity contribution is 8.00. The van der Waals surface area contributed by atoms with Gasteiger partial charge in [0.05, 0.1) is 11.9 Å². The van der Waals surface area contributed by atoms with Crippen LogP contribution in [-0.4, -0.2) is 36.8 Å². The minimum absolute atomic E-state index is 0.195. The number of aromatic nitrogens is 2. The maximum atomic E-state index is 14.2. The van der Waals surface area contributed by atoms with Gasteiger partial charge in [0.15, 0.2) is 4.34 Å². The third kappa shape index (κ3) is 5.55. The number of rotatable bonds is 8. The molecular formula is C19H19FN4O3S3. The number of benzene rings is 2. The zero-order valence-electron chi connectivity index (χ0n) is 16.1. The highest BCUT2D eigenvalue weighted by atomic mass is 32.2. The molecule has 1 amide bonds. The molecule has 0 saturated carbocycles. The summed E-state index contributed by atoms with van der Waals surface area (Å²) in [6.45, 7) is 1.38. The Morgan fingerprint density at radius 3 is 2.50 bits per heavy atom. The number of thioether (sulfide) groups is 1. The van der Waals surface area contributed by atoms with Crippen molar-refractivity contribution < 1.29 is 17.6 Å². The van der Waals surface area contributed by atoms with E-state index in [1.54, 1.807) is 0 Å². The van der Waals surface area contributed by atoms with Crippen LogP contribution in [0.3, 0.4) is 0 Å². The molecule has 7 nitrogen and oxygen atoms in total. The van der Waals surface area contributed by atoms with Crippen molar-refractivity contribution in [1.29, 1.82) is 0 Å². The van der Waals surface area contributed by atoms with Crippen molar-refractivity contribution in [3.63, 3.8) is 0 Å². The molecule has 1 unspecified atom stereocenters. The number of nitrogens with one attached hydrogen (secondary N) is 1. The number of carbonyl (C=O) groups excluding carboxylic acids is 1. The molecule has 0 spiro atoms. The van der Waals surface area contributed by atoms with Gasteiger partial charge in [-0.1, -0.05) is 65.6 Å². The first kappa shape index (κ1) is 22.2. The molecule has 0 bridgehead atoms. The zero-order chi connectivity index (χ0) is 21.7. The zero-order valence-corrected chi connectivity index (χ0v) is 18.6. The molecule has 1 aromatic heterocycles. The van der Waals surface area contributed by atoms with Crippen LogP contribution in [0.1, 0.15) is 12.5 Å². The van der Waals surface area contributed by atoms with Crippen LogP contribution >= 0.6 is 23.1 Å². The fourth-order valence-corrected chi connectivity index (χ4v) is 5.55. The van der Waals surface area contributed by atoms with Gasteiger partial charge < -0.3 is 0 Å². The molecule has 158 valence electrons. The van der Waals surface area contributed by atoms with Crippen molar-refractivity contribution >= 4 is 49.8 Å². The summed E-state index contributed by atoms with van der Waals surface area (Å²) in [5.41, 5.74) is 0.935. The van der Waals surface area contributed by atoms with Crippen molar-refractivity contribution in [3.05, 3.63) is 66.0 Å². The molecule has 1 atom stereocenters. The summed E-state index contributed by atoms with van der Waals surface area (Å²) in [6, 6.07) is 14.0. The standard InChI is InChI=1S/C19H19FN4O3S3/c1-13(24(30(2,26)27)16-11-7-6-10-15(16)20)17(25)21-18-22-23-19(29-18)28-12-14-8-4-3-5-9-14/h3-11,13H,12H2,1-2H3,(H,21,22,25). The fraction of sp³-hybridized carbons (Fsp3) is 0.211. The van der Waals surface area contributed by atoms with Crippen molar-refractivity contribution in [1.82, 2.24) is 10.2 Å². The third-order valence-electron chi connectivity index (χ3n) is 4.02. The lowest BCUT2D eigenvalue weighted by Crippen LogP contribution is -2.45. The molecule has 3 aromatic rings. The molecule has 2 aromatic carbocycles. The molecule has 0 aliphatic rings. The van der Waals surface area contributed by atoms with Crippen molar-refractivity contribution in [2.75, 3.05) is 15.9 Å². The smallest absolute Gasteiger partial charge is 0.249 e. The Morgan fingerprint density at radius 1 is 1.17 bits per heavy atom. The number of nitrogens with zero attached hydrogens (tertiary/aromatic N) is 3. The first-order valence-corrected chi connectivity index (χ1v) is 12.5.